The molecule has 32 heavy (non-hydrogen) atoms. The summed E-state index contributed by atoms with van der Waals surface area (Å²) < 4.78 is 69.8. The number of hydrogen-bond donors (Lipinski definition) is 0. The summed E-state index contributed by atoms with van der Waals surface area (Å²) >= 11 is 0. The maximum Gasteiger partial charge on any atom is 0.205 e. The van der Waals surface area contributed by atoms with E-state index in [-0.39, 0.29) is 36.4 Å². The highest BCUT2D eigenvalue weighted by Crippen LogP contribution is 2.43. The average Bonchev–Trinajstić information content (AvgIpc) is 2.81. The monoisotopic (exact) mass is 456 g/mol. The second kappa shape index (κ2) is 12.1. The van der Waals surface area contributed by atoms with E-state index in [1.807, 2.05) is 6.92 Å². The molecule has 2 aromatic rings. The highest BCUT2D eigenvalue weighted by molar-refractivity contribution is 5.54. The fraction of sp³-hybridized carbons (Fsp3) is 0.520. The number of halogens is 4. The van der Waals surface area contributed by atoms with Gasteiger partial charge in [-0.1, -0.05) is 32.4 Å². The molecule has 0 fully saturated rings. The van der Waals surface area contributed by atoms with E-state index in [9.17, 15) is 13.2 Å². The number of hydrogen-bond acceptors (Lipinski definition) is 3. The normalized spacial score (nSPS) is 13.8. The Balaban J connectivity index is 0.00000176. The van der Waals surface area contributed by atoms with Gasteiger partial charge in [-0.3, -0.25) is 4.39 Å². The molecule has 3 rings (SSSR count). The Morgan fingerprint density at radius 2 is 1.66 bits per heavy atom. The van der Waals surface area contributed by atoms with Crippen LogP contribution in [0.1, 0.15) is 57.2 Å². The summed E-state index contributed by atoms with van der Waals surface area (Å²) in [6.07, 6.45) is 2.42. The second-order valence-electron chi connectivity index (χ2n) is 7.93. The topological polar surface area (TPSA) is 27.7 Å². The van der Waals surface area contributed by atoms with Crippen LogP contribution in [0.3, 0.4) is 0 Å². The summed E-state index contributed by atoms with van der Waals surface area (Å²) in [5, 5.41) is 0. The van der Waals surface area contributed by atoms with E-state index in [0.29, 0.717) is 49.2 Å². The molecule has 0 amide bonds. The van der Waals surface area contributed by atoms with Crippen molar-refractivity contribution in [1.29, 1.82) is 0 Å². The molecule has 2 unspecified atom stereocenters. The van der Waals surface area contributed by atoms with E-state index in [4.69, 9.17) is 14.2 Å². The maximum absolute atomic E-state index is 15.1. The molecule has 1 heterocycles. The van der Waals surface area contributed by atoms with E-state index < -0.39 is 17.5 Å². The number of aryl methyl sites for hydroxylation is 1. The molecule has 0 saturated carbocycles. The number of fused-ring (bicyclic) bond motifs is 2. The Bertz CT molecular complexity index is 901. The Kier molecular flexibility index (Phi) is 9.82. The molecule has 3 nitrogen and oxygen atoms in total. The number of rotatable bonds is 9. The Hall–Kier alpha value is -2.28. The Morgan fingerprint density at radius 3 is 2.31 bits per heavy atom. The zero-order valence-electron chi connectivity index (χ0n) is 19.4. The van der Waals surface area contributed by atoms with Gasteiger partial charge in [-0.05, 0) is 44.2 Å². The van der Waals surface area contributed by atoms with Gasteiger partial charge < -0.3 is 14.2 Å². The number of alkyl halides is 1. The lowest BCUT2D eigenvalue weighted by Crippen LogP contribution is -2.15. The summed E-state index contributed by atoms with van der Waals surface area (Å²) in [5.74, 6) is -2.79. The van der Waals surface area contributed by atoms with E-state index >= 15 is 4.39 Å². The number of benzene rings is 2. The SMILES string of the molecule is CCOc1cc2c(c(F)c1F)Oc1c(ccc(CCC(C)OCC(C)CC)c1F)C2.CF. The van der Waals surface area contributed by atoms with Crippen molar-refractivity contribution < 1.29 is 31.8 Å². The predicted octanol–water partition coefficient (Wildman–Crippen LogP) is 7.17. The molecular weight excluding hydrogens is 424 g/mol. The van der Waals surface area contributed by atoms with Crippen LogP contribution in [-0.2, 0) is 17.6 Å². The molecule has 7 heteroatoms. The summed E-state index contributed by atoms with van der Waals surface area (Å²) in [7, 11) is 0.500. The summed E-state index contributed by atoms with van der Waals surface area (Å²) in [5.41, 5.74) is 1.50. The molecule has 0 N–H and O–H groups in total. The van der Waals surface area contributed by atoms with Gasteiger partial charge in [0.15, 0.2) is 23.1 Å². The first-order valence-corrected chi connectivity index (χ1v) is 11.0. The smallest absolute Gasteiger partial charge is 0.205 e. The van der Waals surface area contributed by atoms with Crippen LogP contribution in [-0.4, -0.2) is 26.5 Å². The van der Waals surface area contributed by atoms with E-state index in [1.165, 1.54) is 6.07 Å². The minimum Gasteiger partial charge on any atom is -0.491 e. The van der Waals surface area contributed by atoms with Crippen molar-refractivity contribution in [3.63, 3.8) is 0 Å². The van der Waals surface area contributed by atoms with Gasteiger partial charge in [0.1, 0.15) is 0 Å². The van der Waals surface area contributed by atoms with Crippen LogP contribution < -0.4 is 9.47 Å². The van der Waals surface area contributed by atoms with Crippen LogP contribution in [0.25, 0.3) is 0 Å². The lowest BCUT2D eigenvalue weighted by Gasteiger charge is -2.23. The quantitative estimate of drug-likeness (QED) is 0.320. The molecule has 0 aliphatic carbocycles. The standard InChI is InChI=1S/C24H29F3O3.CH3F/c1-5-14(3)13-29-15(4)7-8-16-9-10-17-11-18-12-19(28-6-2)21(26)22(27)24(18)30-23(17)20(16)25;1-2/h9-10,12,14-15H,5-8,11,13H2,1-4H3;1H3. The molecule has 0 spiro atoms. The average molecular weight is 457 g/mol. The van der Waals surface area contributed by atoms with Gasteiger partial charge in [-0.25, -0.2) is 4.39 Å². The molecular formula is C25H32F4O3. The third-order valence-corrected chi connectivity index (χ3v) is 5.53. The van der Waals surface area contributed by atoms with Crippen LogP contribution in [0.15, 0.2) is 18.2 Å². The molecule has 0 aromatic heterocycles. The van der Waals surface area contributed by atoms with Gasteiger partial charge in [-0.2, -0.15) is 8.78 Å². The van der Waals surface area contributed by atoms with E-state index in [2.05, 4.69) is 13.8 Å². The van der Waals surface area contributed by atoms with Gasteiger partial charge in [0.2, 0.25) is 11.6 Å². The molecule has 1 aliphatic rings. The fourth-order valence-electron chi connectivity index (χ4n) is 3.41. The summed E-state index contributed by atoms with van der Waals surface area (Å²) in [6.45, 7) is 8.80. The van der Waals surface area contributed by atoms with Gasteiger partial charge in [0, 0.05) is 24.2 Å². The zero-order chi connectivity index (χ0) is 23.8. The summed E-state index contributed by atoms with van der Waals surface area (Å²) in [4.78, 5) is 0. The van der Waals surface area contributed by atoms with Gasteiger partial charge in [0.25, 0.3) is 0 Å². The van der Waals surface area contributed by atoms with E-state index in [1.54, 1.807) is 19.1 Å². The van der Waals surface area contributed by atoms with Gasteiger partial charge in [0.05, 0.1) is 19.9 Å². The van der Waals surface area contributed by atoms with Gasteiger partial charge in [-0.15, -0.1) is 0 Å². The molecule has 0 saturated heterocycles. The van der Waals surface area contributed by atoms with Crippen molar-refractivity contribution in [2.24, 2.45) is 5.92 Å². The Labute approximate surface area is 187 Å². The minimum absolute atomic E-state index is 0.000367. The maximum atomic E-state index is 15.1. The molecule has 1 aliphatic heterocycles. The van der Waals surface area contributed by atoms with Crippen molar-refractivity contribution in [2.75, 3.05) is 20.4 Å². The Morgan fingerprint density at radius 1 is 0.969 bits per heavy atom. The highest BCUT2D eigenvalue weighted by Gasteiger charge is 2.28. The van der Waals surface area contributed by atoms with Crippen molar-refractivity contribution in [2.45, 2.75) is 59.5 Å². The lowest BCUT2D eigenvalue weighted by molar-refractivity contribution is 0.0383. The lowest BCUT2D eigenvalue weighted by atomic mass is 9.96. The first kappa shape index (κ1) is 26.0. The fourth-order valence-corrected chi connectivity index (χ4v) is 3.41. The zero-order valence-corrected chi connectivity index (χ0v) is 19.4. The van der Waals surface area contributed by atoms with Crippen molar-refractivity contribution in [1.82, 2.24) is 0 Å². The number of ether oxygens (including phenoxy) is 3. The minimum atomic E-state index is -1.15. The largest absolute Gasteiger partial charge is 0.491 e. The summed E-state index contributed by atoms with van der Waals surface area (Å²) in [6, 6.07) is 4.93. The first-order valence-electron chi connectivity index (χ1n) is 11.0. The van der Waals surface area contributed by atoms with Crippen molar-refractivity contribution in [3.05, 3.63) is 52.3 Å². The van der Waals surface area contributed by atoms with Crippen molar-refractivity contribution in [3.8, 4) is 17.2 Å². The van der Waals surface area contributed by atoms with Crippen LogP contribution >= 0.6 is 0 Å². The molecule has 0 radical (unpaired) electrons. The third-order valence-electron chi connectivity index (χ3n) is 5.53. The van der Waals surface area contributed by atoms with Gasteiger partial charge >= 0.3 is 0 Å². The van der Waals surface area contributed by atoms with E-state index in [0.717, 1.165) is 6.42 Å². The van der Waals surface area contributed by atoms with Crippen LogP contribution in [0.5, 0.6) is 17.2 Å². The molecule has 0 bridgehead atoms. The van der Waals surface area contributed by atoms with Crippen LogP contribution in [0.2, 0.25) is 0 Å². The first-order chi connectivity index (χ1) is 15.3. The molecule has 2 aromatic carbocycles. The van der Waals surface area contributed by atoms with Crippen molar-refractivity contribution >= 4 is 0 Å². The predicted molar refractivity (Wildman–Crippen MR) is 117 cm³/mol. The highest BCUT2D eigenvalue weighted by atomic mass is 19.2. The molecule has 178 valence electrons. The second-order valence-corrected chi connectivity index (χ2v) is 7.93. The molecule has 2 atom stereocenters. The van der Waals surface area contributed by atoms with Crippen LogP contribution in [0, 0.1) is 23.4 Å². The van der Waals surface area contributed by atoms with Crippen LogP contribution in [0.4, 0.5) is 17.6 Å². The third kappa shape index (κ3) is 5.94.